The second-order valence-electron chi connectivity index (χ2n) is 8.30. The van der Waals surface area contributed by atoms with Gasteiger partial charge in [-0.2, -0.15) is 0 Å². The molecule has 0 bridgehead atoms. The van der Waals surface area contributed by atoms with E-state index < -0.39 is 11.2 Å². The number of benzene rings is 2. The lowest BCUT2D eigenvalue weighted by Gasteiger charge is -2.25. The van der Waals surface area contributed by atoms with Gasteiger partial charge in [-0.1, -0.05) is 55.9 Å². The van der Waals surface area contributed by atoms with Crippen molar-refractivity contribution < 1.29 is 9.53 Å². The average molecular weight is 498 g/mol. The van der Waals surface area contributed by atoms with E-state index in [-0.39, 0.29) is 43.0 Å². The van der Waals surface area contributed by atoms with Gasteiger partial charge in [0.25, 0.3) is 5.56 Å². The molecule has 3 rings (SSSR count). The van der Waals surface area contributed by atoms with Crippen molar-refractivity contribution in [1.82, 2.24) is 9.55 Å². The minimum absolute atomic E-state index is 0.0445. The number of hydrogen-bond acceptors (Lipinski definition) is 7. The number of carbonyl (C=O) groups is 1. The molecule has 9 nitrogen and oxygen atoms in total. The maximum atomic E-state index is 13.3. The van der Waals surface area contributed by atoms with Gasteiger partial charge in [0.1, 0.15) is 5.82 Å². The number of aromatic nitrogens is 2. The van der Waals surface area contributed by atoms with Crippen LogP contribution in [0, 0.1) is 5.92 Å². The summed E-state index contributed by atoms with van der Waals surface area (Å²) < 4.78 is 6.44. The number of anilines is 3. The Morgan fingerprint density at radius 1 is 1.14 bits per heavy atom. The number of nitrogens with one attached hydrogen (secondary N) is 2. The first-order valence-corrected chi connectivity index (χ1v) is 12.1. The fourth-order valence-electron chi connectivity index (χ4n) is 3.51. The fraction of sp³-hybridized carbons (Fsp3) is 0.320. The second-order valence-corrected chi connectivity index (χ2v) is 9.42. The zero-order valence-electron chi connectivity index (χ0n) is 20.1. The molecule has 2 aromatic carbocycles. The summed E-state index contributed by atoms with van der Waals surface area (Å²) in [6, 6.07) is 17.6. The third-order valence-electron chi connectivity index (χ3n) is 5.14. The van der Waals surface area contributed by atoms with Crippen molar-refractivity contribution >= 4 is 34.9 Å². The molecular weight excluding hydrogens is 466 g/mol. The van der Waals surface area contributed by atoms with E-state index in [9.17, 15) is 14.4 Å². The van der Waals surface area contributed by atoms with E-state index in [1.165, 1.54) is 16.6 Å². The summed E-state index contributed by atoms with van der Waals surface area (Å²) in [6.07, 6.45) is 0. The molecule has 0 radical (unpaired) electrons. The van der Waals surface area contributed by atoms with Crippen LogP contribution in [0.4, 0.5) is 17.2 Å². The van der Waals surface area contributed by atoms with Crippen molar-refractivity contribution in [2.24, 2.45) is 5.92 Å². The van der Waals surface area contributed by atoms with Gasteiger partial charge in [-0.15, -0.1) is 0 Å². The van der Waals surface area contributed by atoms with Crippen molar-refractivity contribution in [3.05, 3.63) is 75.4 Å². The van der Waals surface area contributed by atoms with Gasteiger partial charge in [0, 0.05) is 35.7 Å². The molecule has 0 saturated carbocycles. The number of para-hydroxylation sites is 1. The molecule has 186 valence electrons. The monoisotopic (exact) mass is 497 g/mol. The van der Waals surface area contributed by atoms with Crippen LogP contribution in [-0.2, 0) is 16.1 Å². The standard InChI is InChI=1S/C25H31N5O4S/c1-17(2)16-30-23(26)22(24(32)28-25(30)33)29(13-14-34-3)21(31)15-27-19-11-7-8-12-20(19)35-18-9-5-4-6-10-18/h4-12,17,27H,13-16,26H2,1-3H3,(H,28,32,33). The molecule has 10 heteroatoms. The number of nitrogens with two attached hydrogens (primary N) is 1. The summed E-state index contributed by atoms with van der Waals surface area (Å²) in [5, 5.41) is 3.18. The number of aromatic amines is 1. The predicted octanol–water partition coefficient (Wildman–Crippen LogP) is 3.02. The summed E-state index contributed by atoms with van der Waals surface area (Å²) in [5.41, 5.74) is 5.66. The molecule has 4 N–H and O–H groups in total. The normalized spacial score (nSPS) is 11.0. The Labute approximate surface area is 208 Å². The third kappa shape index (κ3) is 6.77. The van der Waals surface area contributed by atoms with Crippen LogP contribution in [0.15, 0.2) is 74.0 Å². The maximum absolute atomic E-state index is 13.3. The van der Waals surface area contributed by atoms with Crippen molar-refractivity contribution in [1.29, 1.82) is 0 Å². The number of nitrogens with zero attached hydrogens (tertiary/aromatic N) is 2. The molecule has 0 fully saturated rings. The van der Waals surface area contributed by atoms with E-state index in [1.807, 2.05) is 68.4 Å². The molecule has 0 atom stereocenters. The van der Waals surface area contributed by atoms with Crippen LogP contribution in [0.1, 0.15) is 13.8 Å². The number of ether oxygens (including phenoxy) is 1. The quantitative estimate of drug-likeness (QED) is 0.372. The largest absolute Gasteiger partial charge is 0.383 e. The molecule has 0 aliphatic rings. The molecule has 1 heterocycles. The molecule has 0 aliphatic heterocycles. The Morgan fingerprint density at radius 2 is 1.83 bits per heavy atom. The van der Waals surface area contributed by atoms with E-state index in [4.69, 9.17) is 10.5 Å². The molecular formula is C25H31N5O4S. The van der Waals surface area contributed by atoms with Crippen molar-refractivity contribution in [3.63, 3.8) is 0 Å². The first-order chi connectivity index (χ1) is 16.8. The highest BCUT2D eigenvalue weighted by Gasteiger charge is 2.24. The van der Waals surface area contributed by atoms with Gasteiger partial charge in [-0.3, -0.25) is 19.1 Å². The van der Waals surface area contributed by atoms with Gasteiger partial charge in [0.2, 0.25) is 5.91 Å². The Morgan fingerprint density at radius 3 is 2.51 bits per heavy atom. The summed E-state index contributed by atoms with van der Waals surface area (Å²) in [7, 11) is 1.51. The van der Waals surface area contributed by atoms with Crippen LogP contribution in [0.2, 0.25) is 0 Å². The Bertz CT molecular complexity index is 1260. The van der Waals surface area contributed by atoms with Crippen LogP contribution in [-0.4, -0.2) is 42.3 Å². The molecule has 0 unspecified atom stereocenters. The minimum atomic E-state index is -0.711. The van der Waals surface area contributed by atoms with Gasteiger partial charge in [0.15, 0.2) is 5.69 Å². The Balaban J connectivity index is 1.87. The highest BCUT2D eigenvalue weighted by atomic mass is 32.2. The lowest BCUT2D eigenvalue weighted by atomic mass is 10.2. The van der Waals surface area contributed by atoms with Gasteiger partial charge in [-0.25, -0.2) is 4.79 Å². The summed E-state index contributed by atoms with van der Waals surface area (Å²) in [6.45, 7) is 4.37. The zero-order chi connectivity index (χ0) is 25.4. The number of rotatable bonds is 11. The summed E-state index contributed by atoms with van der Waals surface area (Å²) in [4.78, 5) is 44.0. The van der Waals surface area contributed by atoms with Crippen molar-refractivity contribution in [2.45, 2.75) is 30.2 Å². The third-order valence-corrected chi connectivity index (χ3v) is 6.22. The van der Waals surface area contributed by atoms with Crippen molar-refractivity contribution in [2.75, 3.05) is 42.8 Å². The zero-order valence-corrected chi connectivity index (χ0v) is 20.9. The van der Waals surface area contributed by atoms with Gasteiger partial charge >= 0.3 is 5.69 Å². The number of amides is 1. The predicted molar refractivity (Wildman–Crippen MR) is 140 cm³/mol. The minimum Gasteiger partial charge on any atom is -0.383 e. The van der Waals surface area contributed by atoms with E-state index >= 15 is 0 Å². The summed E-state index contributed by atoms with van der Waals surface area (Å²) in [5.74, 6) is -0.317. The van der Waals surface area contributed by atoms with E-state index in [2.05, 4.69) is 10.3 Å². The highest BCUT2D eigenvalue weighted by Crippen LogP contribution is 2.33. The smallest absolute Gasteiger partial charge is 0.330 e. The van der Waals surface area contributed by atoms with Crippen LogP contribution < -0.4 is 27.2 Å². The van der Waals surface area contributed by atoms with Crippen LogP contribution >= 0.6 is 11.8 Å². The van der Waals surface area contributed by atoms with Gasteiger partial charge in [-0.05, 0) is 30.2 Å². The van der Waals surface area contributed by atoms with E-state index in [0.29, 0.717) is 6.54 Å². The number of methoxy groups -OCH3 is 1. The van der Waals surface area contributed by atoms with Crippen LogP contribution in [0.3, 0.4) is 0 Å². The first kappa shape index (κ1) is 26.1. The molecule has 0 saturated heterocycles. The number of H-pyrrole nitrogens is 1. The average Bonchev–Trinajstić information content (AvgIpc) is 2.83. The molecule has 0 spiro atoms. The van der Waals surface area contributed by atoms with Gasteiger partial charge < -0.3 is 20.7 Å². The van der Waals surface area contributed by atoms with Crippen LogP contribution in [0.25, 0.3) is 0 Å². The maximum Gasteiger partial charge on any atom is 0.330 e. The first-order valence-electron chi connectivity index (χ1n) is 11.3. The molecule has 3 aromatic rings. The van der Waals surface area contributed by atoms with Crippen LogP contribution in [0.5, 0.6) is 0 Å². The highest BCUT2D eigenvalue weighted by molar-refractivity contribution is 7.99. The number of nitrogen functional groups attached to an aromatic ring is 1. The summed E-state index contributed by atoms with van der Waals surface area (Å²) >= 11 is 1.58. The molecule has 35 heavy (non-hydrogen) atoms. The fourth-order valence-corrected chi connectivity index (χ4v) is 4.46. The van der Waals surface area contributed by atoms with Gasteiger partial charge in [0.05, 0.1) is 13.2 Å². The number of carbonyl (C=O) groups excluding carboxylic acids is 1. The molecule has 0 aliphatic carbocycles. The van der Waals surface area contributed by atoms with E-state index in [0.717, 1.165) is 15.5 Å². The molecule has 1 aromatic heterocycles. The Hall–Kier alpha value is -3.50. The second kappa shape index (κ2) is 12.3. The van der Waals surface area contributed by atoms with Crippen molar-refractivity contribution in [3.8, 4) is 0 Å². The topological polar surface area (TPSA) is 122 Å². The SMILES string of the molecule is COCCN(C(=O)CNc1ccccc1Sc1ccccc1)c1c(N)n(CC(C)C)c(=O)[nH]c1=O. The van der Waals surface area contributed by atoms with E-state index in [1.54, 1.807) is 11.8 Å². The number of hydrogen-bond donors (Lipinski definition) is 3. The Kier molecular flexibility index (Phi) is 9.16. The molecule has 1 amide bonds. The lowest BCUT2D eigenvalue weighted by Crippen LogP contribution is -2.44. The lowest BCUT2D eigenvalue weighted by molar-refractivity contribution is -0.117.